The Labute approximate surface area is 125 Å². The van der Waals surface area contributed by atoms with E-state index in [9.17, 15) is 19.8 Å². The molecule has 21 heavy (non-hydrogen) atoms. The number of aliphatic hydroxyl groups excluding tert-OH is 1. The van der Waals surface area contributed by atoms with Gasteiger partial charge in [0.25, 0.3) is 0 Å². The molecule has 6 heteroatoms. The van der Waals surface area contributed by atoms with Crippen LogP contribution in [0.2, 0.25) is 0 Å². The number of aliphatic carboxylic acids is 1. The Morgan fingerprint density at radius 3 is 2.52 bits per heavy atom. The van der Waals surface area contributed by atoms with Gasteiger partial charge in [0, 0.05) is 13.1 Å². The maximum atomic E-state index is 12.8. The van der Waals surface area contributed by atoms with E-state index in [2.05, 4.69) is 0 Å². The highest BCUT2D eigenvalue weighted by atomic mass is 16.4. The van der Waals surface area contributed by atoms with Gasteiger partial charge in [-0.3, -0.25) is 0 Å². The molecular weight excluding hydrogens is 272 g/mol. The smallest absolute Gasteiger partial charge is 0.326 e. The number of carbonyl (C=O) groups excluding carboxylic acids is 1. The molecule has 2 aliphatic heterocycles. The fraction of sp³-hybridized carbons (Fsp3) is 0.867. The fourth-order valence-corrected chi connectivity index (χ4v) is 3.39. The van der Waals surface area contributed by atoms with Crippen LogP contribution < -0.4 is 0 Å². The second-order valence-electron chi connectivity index (χ2n) is 6.34. The largest absolute Gasteiger partial charge is 0.480 e. The SMILES string of the molecule is CC1CCN(C(=O)N2CCCCCC2CO)C(C(=O)O)C1. The lowest BCUT2D eigenvalue weighted by Crippen LogP contribution is -2.56. The van der Waals surface area contributed by atoms with E-state index in [1.165, 1.54) is 4.90 Å². The van der Waals surface area contributed by atoms with Crippen LogP contribution in [0.4, 0.5) is 4.79 Å². The summed E-state index contributed by atoms with van der Waals surface area (Å²) in [4.78, 5) is 27.4. The van der Waals surface area contributed by atoms with Crippen molar-refractivity contribution in [2.75, 3.05) is 19.7 Å². The Balaban J connectivity index is 2.13. The molecule has 3 unspecified atom stereocenters. The maximum Gasteiger partial charge on any atom is 0.326 e. The van der Waals surface area contributed by atoms with Crippen molar-refractivity contribution in [3.05, 3.63) is 0 Å². The van der Waals surface area contributed by atoms with E-state index in [1.807, 2.05) is 6.92 Å². The van der Waals surface area contributed by atoms with Crippen LogP contribution in [-0.2, 0) is 4.79 Å². The van der Waals surface area contributed by atoms with Gasteiger partial charge in [-0.15, -0.1) is 0 Å². The van der Waals surface area contributed by atoms with Crippen molar-refractivity contribution in [2.24, 2.45) is 5.92 Å². The van der Waals surface area contributed by atoms with Crippen LogP contribution in [0.3, 0.4) is 0 Å². The molecule has 0 aromatic rings. The second kappa shape index (κ2) is 7.11. The van der Waals surface area contributed by atoms with Crippen molar-refractivity contribution in [1.29, 1.82) is 0 Å². The first-order valence-electron chi connectivity index (χ1n) is 7.95. The van der Waals surface area contributed by atoms with Gasteiger partial charge in [0.15, 0.2) is 0 Å². The lowest BCUT2D eigenvalue weighted by molar-refractivity contribution is -0.144. The van der Waals surface area contributed by atoms with Gasteiger partial charge in [-0.1, -0.05) is 19.8 Å². The average Bonchev–Trinajstić information content (AvgIpc) is 2.71. The first kappa shape index (κ1) is 16.1. The molecule has 0 spiro atoms. The summed E-state index contributed by atoms with van der Waals surface area (Å²) in [5, 5.41) is 18.9. The minimum atomic E-state index is -0.926. The van der Waals surface area contributed by atoms with Crippen molar-refractivity contribution >= 4 is 12.0 Å². The molecule has 2 aliphatic rings. The lowest BCUT2D eigenvalue weighted by Gasteiger charge is -2.40. The maximum absolute atomic E-state index is 12.8. The molecule has 3 atom stereocenters. The number of aliphatic hydroxyl groups is 1. The number of urea groups is 1. The van der Waals surface area contributed by atoms with Gasteiger partial charge in [0.2, 0.25) is 0 Å². The highest BCUT2D eigenvalue weighted by Gasteiger charge is 2.38. The van der Waals surface area contributed by atoms with Crippen molar-refractivity contribution in [2.45, 2.75) is 57.5 Å². The average molecular weight is 298 g/mol. The van der Waals surface area contributed by atoms with Crippen LogP contribution in [0.1, 0.15) is 45.4 Å². The normalized spacial score (nSPS) is 30.9. The number of amides is 2. The van der Waals surface area contributed by atoms with Crippen LogP contribution in [0.25, 0.3) is 0 Å². The number of piperidine rings is 1. The number of hydrogen-bond acceptors (Lipinski definition) is 3. The highest BCUT2D eigenvalue weighted by Crippen LogP contribution is 2.26. The van der Waals surface area contributed by atoms with Crippen LogP contribution >= 0.6 is 0 Å². The quantitative estimate of drug-likeness (QED) is 0.810. The Bertz CT molecular complexity index is 388. The molecule has 2 rings (SSSR count). The first-order chi connectivity index (χ1) is 10.0. The first-order valence-corrected chi connectivity index (χ1v) is 7.95. The monoisotopic (exact) mass is 298 g/mol. The number of hydrogen-bond donors (Lipinski definition) is 2. The molecule has 0 aromatic carbocycles. The molecule has 0 radical (unpaired) electrons. The Morgan fingerprint density at radius 2 is 1.86 bits per heavy atom. The van der Waals surface area contributed by atoms with E-state index < -0.39 is 12.0 Å². The fourth-order valence-electron chi connectivity index (χ4n) is 3.39. The molecule has 0 aromatic heterocycles. The molecule has 0 bridgehead atoms. The van der Waals surface area contributed by atoms with Gasteiger partial charge in [-0.05, 0) is 31.6 Å². The van der Waals surface area contributed by atoms with E-state index in [1.54, 1.807) is 4.90 Å². The number of likely N-dealkylation sites (tertiary alicyclic amines) is 2. The Morgan fingerprint density at radius 1 is 1.10 bits per heavy atom. The summed E-state index contributed by atoms with van der Waals surface area (Å²) in [5.41, 5.74) is 0. The number of carbonyl (C=O) groups is 2. The van der Waals surface area contributed by atoms with E-state index in [-0.39, 0.29) is 18.7 Å². The number of carboxylic acid groups (broad SMARTS) is 1. The Kier molecular flexibility index (Phi) is 5.45. The minimum Gasteiger partial charge on any atom is -0.480 e. The van der Waals surface area contributed by atoms with Crippen LogP contribution in [0, 0.1) is 5.92 Å². The topological polar surface area (TPSA) is 81.1 Å². The summed E-state index contributed by atoms with van der Waals surface area (Å²) in [6.45, 7) is 3.09. The lowest BCUT2D eigenvalue weighted by atomic mass is 9.92. The van der Waals surface area contributed by atoms with Crippen LogP contribution in [0.15, 0.2) is 0 Å². The third kappa shape index (κ3) is 3.67. The van der Waals surface area contributed by atoms with Gasteiger partial charge >= 0.3 is 12.0 Å². The molecule has 2 heterocycles. The molecule has 6 nitrogen and oxygen atoms in total. The van der Waals surface area contributed by atoms with Crippen molar-refractivity contribution in [1.82, 2.24) is 9.80 Å². The molecule has 2 amide bonds. The Hall–Kier alpha value is -1.30. The van der Waals surface area contributed by atoms with Gasteiger partial charge in [-0.25, -0.2) is 9.59 Å². The summed E-state index contributed by atoms with van der Waals surface area (Å²) in [7, 11) is 0. The zero-order chi connectivity index (χ0) is 15.4. The van der Waals surface area contributed by atoms with E-state index in [0.29, 0.717) is 25.4 Å². The van der Waals surface area contributed by atoms with Gasteiger partial charge < -0.3 is 20.0 Å². The zero-order valence-corrected chi connectivity index (χ0v) is 12.7. The molecular formula is C15H26N2O4. The minimum absolute atomic E-state index is 0.0479. The van der Waals surface area contributed by atoms with E-state index in [4.69, 9.17) is 0 Å². The van der Waals surface area contributed by atoms with Gasteiger partial charge in [-0.2, -0.15) is 0 Å². The predicted octanol–water partition coefficient (Wildman–Crippen LogP) is 1.53. The van der Waals surface area contributed by atoms with Crippen molar-refractivity contribution in [3.63, 3.8) is 0 Å². The third-order valence-corrected chi connectivity index (χ3v) is 4.73. The summed E-state index contributed by atoms with van der Waals surface area (Å²) < 4.78 is 0. The summed E-state index contributed by atoms with van der Waals surface area (Å²) in [6, 6.07) is -1.12. The van der Waals surface area contributed by atoms with Crippen molar-refractivity contribution < 1.29 is 19.8 Å². The number of carboxylic acids is 1. The third-order valence-electron chi connectivity index (χ3n) is 4.73. The van der Waals surface area contributed by atoms with Gasteiger partial charge in [0.1, 0.15) is 6.04 Å². The zero-order valence-electron chi connectivity index (χ0n) is 12.7. The summed E-state index contributed by atoms with van der Waals surface area (Å²) in [6.07, 6.45) is 5.13. The standard InChI is InChI=1S/C15H26N2O4/c1-11-6-8-17(13(9-11)14(19)20)15(21)16-7-4-2-3-5-12(16)10-18/h11-13,18H,2-10H2,1H3,(H,19,20). The van der Waals surface area contributed by atoms with Crippen LogP contribution in [-0.4, -0.2) is 63.8 Å². The number of rotatable bonds is 2. The molecule has 2 N–H and O–H groups in total. The molecule has 0 aliphatic carbocycles. The molecule has 120 valence electrons. The second-order valence-corrected chi connectivity index (χ2v) is 6.34. The van der Waals surface area contributed by atoms with E-state index in [0.717, 1.165) is 32.1 Å². The molecule has 2 fully saturated rings. The summed E-state index contributed by atoms with van der Waals surface area (Å²) in [5.74, 6) is -0.599. The van der Waals surface area contributed by atoms with Crippen molar-refractivity contribution in [3.8, 4) is 0 Å². The molecule has 0 saturated carbocycles. The van der Waals surface area contributed by atoms with Gasteiger partial charge in [0.05, 0.1) is 12.6 Å². The number of nitrogens with zero attached hydrogens (tertiary/aromatic N) is 2. The van der Waals surface area contributed by atoms with E-state index >= 15 is 0 Å². The highest BCUT2D eigenvalue weighted by molar-refractivity contribution is 5.83. The molecule has 2 saturated heterocycles. The van der Waals surface area contributed by atoms with Crippen LogP contribution in [0.5, 0.6) is 0 Å². The summed E-state index contributed by atoms with van der Waals surface area (Å²) >= 11 is 0. The predicted molar refractivity (Wildman–Crippen MR) is 78.0 cm³/mol.